The van der Waals surface area contributed by atoms with Gasteiger partial charge in [-0.25, -0.2) is 0 Å². The van der Waals surface area contributed by atoms with Gasteiger partial charge in [0.25, 0.3) is 0 Å². The first-order chi connectivity index (χ1) is 9.79. The SMILES string of the molecule is CCCNC(CCc1ccccc1)C1CN(C)CCO1. The molecule has 1 aromatic rings. The van der Waals surface area contributed by atoms with Gasteiger partial charge in [0.2, 0.25) is 0 Å². The van der Waals surface area contributed by atoms with E-state index in [2.05, 4.69) is 54.5 Å². The molecule has 0 radical (unpaired) electrons. The number of aryl methyl sites for hydroxylation is 1. The Morgan fingerprint density at radius 1 is 1.35 bits per heavy atom. The second-order valence-electron chi connectivity index (χ2n) is 5.76. The number of hydrogen-bond acceptors (Lipinski definition) is 3. The molecule has 2 atom stereocenters. The first-order valence-electron chi connectivity index (χ1n) is 7.87. The number of nitrogens with zero attached hydrogens (tertiary/aromatic N) is 1. The van der Waals surface area contributed by atoms with Crippen molar-refractivity contribution >= 4 is 0 Å². The van der Waals surface area contributed by atoms with Gasteiger partial charge in [-0.2, -0.15) is 0 Å². The minimum absolute atomic E-state index is 0.323. The van der Waals surface area contributed by atoms with Gasteiger partial charge >= 0.3 is 0 Å². The van der Waals surface area contributed by atoms with Crippen molar-refractivity contribution in [1.29, 1.82) is 0 Å². The summed E-state index contributed by atoms with van der Waals surface area (Å²) in [5.41, 5.74) is 1.42. The van der Waals surface area contributed by atoms with E-state index >= 15 is 0 Å². The van der Waals surface area contributed by atoms with Gasteiger partial charge < -0.3 is 15.0 Å². The van der Waals surface area contributed by atoms with Gasteiger partial charge in [-0.1, -0.05) is 37.3 Å². The molecule has 112 valence electrons. The number of ether oxygens (including phenoxy) is 1. The molecule has 1 aliphatic heterocycles. The molecular formula is C17H28N2O. The summed E-state index contributed by atoms with van der Waals surface area (Å²) in [6.45, 7) is 6.24. The summed E-state index contributed by atoms with van der Waals surface area (Å²) in [6.07, 6.45) is 3.75. The Morgan fingerprint density at radius 3 is 2.85 bits per heavy atom. The Balaban J connectivity index is 1.89. The molecule has 0 aliphatic carbocycles. The van der Waals surface area contributed by atoms with E-state index in [0.29, 0.717) is 12.1 Å². The highest BCUT2D eigenvalue weighted by atomic mass is 16.5. The predicted octanol–water partition coefficient (Wildman–Crippen LogP) is 2.32. The van der Waals surface area contributed by atoms with Crippen LogP contribution in [-0.4, -0.2) is 50.3 Å². The van der Waals surface area contributed by atoms with Crippen molar-refractivity contribution in [3.63, 3.8) is 0 Å². The molecule has 1 aliphatic rings. The van der Waals surface area contributed by atoms with Gasteiger partial charge in [0, 0.05) is 19.1 Å². The average molecular weight is 276 g/mol. The van der Waals surface area contributed by atoms with Gasteiger partial charge in [-0.05, 0) is 38.4 Å². The second-order valence-corrected chi connectivity index (χ2v) is 5.76. The van der Waals surface area contributed by atoms with Crippen LogP contribution in [-0.2, 0) is 11.2 Å². The quantitative estimate of drug-likeness (QED) is 0.827. The summed E-state index contributed by atoms with van der Waals surface area (Å²) < 4.78 is 5.99. The summed E-state index contributed by atoms with van der Waals surface area (Å²) in [6, 6.07) is 11.2. The van der Waals surface area contributed by atoms with E-state index in [1.165, 1.54) is 12.0 Å². The monoisotopic (exact) mass is 276 g/mol. The maximum absolute atomic E-state index is 5.99. The molecule has 0 amide bonds. The van der Waals surface area contributed by atoms with Crippen LogP contribution < -0.4 is 5.32 Å². The van der Waals surface area contributed by atoms with Crippen LogP contribution in [0.25, 0.3) is 0 Å². The van der Waals surface area contributed by atoms with Crippen LogP contribution >= 0.6 is 0 Å². The third-order valence-corrected chi connectivity index (χ3v) is 3.99. The van der Waals surface area contributed by atoms with Crippen LogP contribution in [0.2, 0.25) is 0 Å². The Morgan fingerprint density at radius 2 is 2.15 bits per heavy atom. The second kappa shape index (κ2) is 8.40. The van der Waals surface area contributed by atoms with Crippen molar-refractivity contribution < 1.29 is 4.74 Å². The molecule has 1 saturated heterocycles. The maximum Gasteiger partial charge on any atom is 0.0855 e. The number of morpholine rings is 1. The molecule has 2 rings (SSSR count). The molecule has 1 heterocycles. The van der Waals surface area contributed by atoms with E-state index in [1.807, 2.05) is 0 Å². The lowest BCUT2D eigenvalue weighted by Gasteiger charge is -2.35. The summed E-state index contributed by atoms with van der Waals surface area (Å²) >= 11 is 0. The fourth-order valence-corrected chi connectivity index (χ4v) is 2.77. The maximum atomic E-state index is 5.99. The minimum Gasteiger partial charge on any atom is -0.374 e. The van der Waals surface area contributed by atoms with Crippen LogP contribution in [0.1, 0.15) is 25.3 Å². The Kier molecular flexibility index (Phi) is 6.51. The van der Waals surface area contributed by atoms with Gasteiger partial charge in [0.1, 0.15) is 0 Å². The van der Waals surface area contributed by atoms with Crippen molar-refractivity contribution in [3.05, 3.63) is 35.9 Å². The lowest BCUT2D eigenvalue weighted by atomic mass is 10.00. The average Bonchev–Trinajstić information content (AvgIpc) is 2.48. The van der Waals surface area contributed by atoms with E-state index in [-0.39, 0.29) is 0 Å². The molecule has 3 heteroatoms. The van der Waals surface area contributed by atoms with Crippen LogP contribution in [0.3, 0.4) is 0 Å². The summed E-state index contributed by atoms with van der Waals surface area (Å²) in [4.78, 5) is 2.37. The minimum atomic E-state index is 0.323. The van der Waals surface area contributed by atoms with Gasteiger partial charge in [-0.15, -0.1) is 0 Å². The van der Waals surface area contributed by atoms with E-state index < -0.39 is 0 Å². The topological polar surface area (TPSA) is 24.5 Å². The number of nitrogens with one attached hydrogen (secondary N) is 1. The zero-order valence-electron chi connectivity index (χ0n) is 12.8. The Hall–Kier alpha value is -0.900. The number of likely N-dealkylation sites (N-methyl/N-ethyl adjacent to an activating group) is 1. The molecule has 0 bridgehead atoms. The van der Waals surface area contributed by atoms with Gasteiger partial charge in [0.05, 0.1) is 12.7 Å². The number of rotatable bonds is 7. The highest BCUT2D eigenvalue weighted by molar-refractivity contribution is 5.14. The molecular weight excluding hydrogens is 248 g/mol. The van der Waals surface area contributed by atoms with Crippen LogP contribution in [0.5, 0.6) is 0 Å². The van der Waals surface area contributed by atoms with Crippen molar-refractivity contribution in [2.45, 2.75) is 38.3 Å². The third-order valence-electron chi connectivity index (χ3n) is 3.99. The molecule has 3 nitrogen and oxygen atoms in total. The van der Waals surface area contributed by atoms with Crippen LogP contribution in [0, 0.1) is 0 Å². The normalized spacial score (nSPS) is 21.8. The van der Waals surface area contributed by atoms with Crippen LogP contribution in [0.15, 0.2) is 30.3 Å². The zero-order chi connectivity index (χ0) is 14.2. The molecule has 0 spiro atoms. The third kappa shape index (κ3) is 4.89. The van der Waals surface area contributed by atoms with Crippen molar-refractivity contribution in [3.8, 4) is 0 Å². The fourth-order valence-electron chi connectivity index (χ4n) is 2.77. The van der Waals surface area contributed by atoms with Crippen molar-refractivity contribution in [1.82, 2.24) is 10.2 Å². The molecule has 1 N–H and O–H groups in total. The number of benzene rings is 1. The molecule has 1 aromatic carbocycles. The number of hydrogen-bond donors (Lipinski definition) is 1. The smallest absolute Gasteiger partial charge is 0.0855 e. The molecule has 0 saturated carbocycles. The molecule has 20 heavy (non-hydrogen) atoms. The highest BCUT2D eigenvalue weighted by Gasteiger charge is 2.25. The van der Waals surface area contributed by atoms with Crippen molar-refractivity contribution in [2.24, 2.45) is 0 Å². The summed E-state index contributed by atoms with van der Waals surface area (Å²) in [5.74, 6) is 0. The summed E-state index contributed by atoms with van der Waals surface area (Å²) in [5, 5.41) is 3.68. The summed E-state index contributed by atoms with van der Waals surface area (Å²) in [7, 11) is 2.18. The van der Waals surface area contributed by atoms with E-state index in [0.717, 1.165) is 39.1 Å². The predicted molar refractivity (Wildman–Crippen MR) is 84.1 cm³/mol. The lowest BCUT2D eigenvalue weighted by molar-refractivity contribution is -0.0397. The first kappa shape index (κ1) is 15.5. The Labute approximate surface area is 123 Å². The Bertz CT molecular complexity index is 369. The largest absolute Gasteiger partial charge is 0.374 e. The lowest BCUT2D eigenvalue weighted by Crippen LogP contribution is -2.51. The highest BCUT2D eigenvalue weighted by Crippen LogP contribution is 2.13. The van der Waals surface area contributed by atoms with E-state index in [4.69, 9.17) is 4.74 Å². The molecule has 2 unspecified atom stereocenters. The van der Waals surface area contributed by atoms with Gasteiger partial charge in [-0.3, -0.25) is 0 Å². The first-order valence-corrected chi connectivity index (χ1v) is 7.87. The standard InChI is InChI=1S/C17H28N2O/c1-3-11-18-16(17-14-19(2)12-13-20-17)10-9-15-7-5-4-6-8-15/h4-8,16-18H,3,9-14H2,1-2H3. The zero-order valence-corrected chi connectivity index (χ0v) is 12.8. The van der Waals surface area contributed by atoms with Gasteiger partial charge in [0.15, 0.2) is 0 Å². The molecule has 0 aromatic heterocycles. The van der Waals surface area contributed by atoms with Crippen molar-refractivity contribution in [2.75, 3.05) is 33.3 Å². The van der Waals surface area contributed by atoms with E-state index in [1.54, 1.807) is 0 Å². The van der Waals surface area contributed by atoms with Crippen LogP contribution in [0.4, 0.5) is 0 Å². The van der Waals surface area contributed by atoms with E-state index in [9.17, 15) is 0 Å². The fraction of sp³-hybridized carbons (Fsp3) is 0.647. The molecule has 1 fully saturated rings.